The normalized spacial score (nSPS) is 11.1. The topological polar surface area (TPSA) is 122 Å². The van der Waals surface area contributed by atoms with Crippen LogP contribution < -0.4 is 15.8 Å². The largest absolute Gasteiger partial charge is 0.497 e. The molecule has 5 N–H and O–H groups in total. The summed E-state index contributed by atoms with van der Waals surface area (Å²) in [6.45, 7) is 0.401. The highest BCUT2D eigenvalue weighted by molar-refractivity contribution is 6.08. The molecule has 0 radical (unpaired) electrons. The SMILES string of the molecule is COc1ccc(CNC(=O)c2cc(-c3c[nH]c4cnc(N)cc34)cc3cn[nH]c23)cc1. The number of methoxy groups -OCH3 is 1. The molecular weight excluding hydrogens is 392 g/mol. The number of ether oxygens (including phenoxy) is 1. The van der Waals surface area contributed by atoms with E-state index in [4.69, 9.17) is 10.5 Å². The second-order valence-electron chi connectivity index (χ2n) is 7.25. The number of nitrogens with two attached hydrogens (primary N) is 1. The molecule has 0 saturated carbocycles. The van der Waals surface area contributed by atoms with Crippen LogP contribution >= 0.6 is 0 Å². The standard InChI is InChI=1S/C23H20N6O2/c1-31-16-4-2-13(3-5-16)9-27-23(30)18-7-14(6-15-10-28-29-22(15)18)19-11-25-20-12-26-21(24)8-17(19)20/h2-8,10-12,25H,9H2,1H3,(H2,24,26)(H,27,30)(H,28,29). The molecule has 8 nitrogen and oxygen atoms in total. The zero-order valence-corrected chi connectivity index (χ0v) is 16.8. The number of rotatable bonds is 5. The van der Waals surface area contributed by atoms with Crippen LogP contribution in [0.5, 0.6) is 5.75 Å². The van der Waals surface area contributed by atoms with Gasteiger partial charge in [0.15, 0.2) is 0 Å². The number of fused-ring (bicyclic) bond motifs is 2. The molecule has 5 rings (SSSR count). The molecule has 3 aromatic heterocycles. The summed E-state index contributed by atoms with van der Waals surface area (Å²) in [7, 11) is 1.62. The lowest BCUT2D eigenvalue weighted by Crippen LogP contribution is -2.23. The summed E-state index contributed by atoms with van der Waals surface area (Å²) >= 11 is 0. The smallest absolute Gasteiger partial charge is 0.253 e. The van der Waals surface area contributed by atoms with E-state index in [9.17, 15) is 4.79 Å². The Morgan fingerprint density at radius 3 is 2.81 bits per heavy atom. The summed E-state index contributed by atoms with van der Waals surface area (Å²) < 4.78 is 5.18. The van der Waals surface area contributed by atoms with Crippen molar-refractivity contribution in [2.75, 3.05) is 12.8 Å². The van der Waals surface area contributed by atoms with Crippen LogP contribution in [0.4, 0.5) is 5.82 Å². The number of nitrogen functional groups attached to an aromatic ring is 1. The number of amides is 1. The van der Waals surface area contributed by atoms with E-state index in [0.29, 0.717) is 23.4 Å². The third-order valence-electron chi connectivity index (χ3n) is 5.30. The van der Waals surface area contributed by atoms with E-state index in [1.54, 1.807) is 19.5 Å². The Kier molecular flexibility index (Phi) is 4.51. The van der Waals surface area contributed by atoms with Gasteiger partial charge in [-0.05, 0) is 41.5 Å². The zero-order valence-electron chi connectivity index (χ0n) is 16.8. The van der Waals surface area contributed by atoms with Crippen molar-refractivity contribution in [3.05, 3.63) is 72.2 Å². The first-order valence-electron chi connectivity index (χ1n) is 9.73. The second-order valence-corrected chi connectivity index (χ2v) is 7.25. The van der Waals surface area contributed by atoms with Gasteiger partial charge in [-0.25, -0.2) is 4.98 Å². The number of pyridine rings is 1. The van der Waals surface area contributed by atoms with E-state index in [2.05, 4.69) is 25.5 Å². The minimum atomic E-state index is -0.187. The third-order valence-corrected chi connectivity index (χ3v) is 5.30. The van der Waals surface area contributed by atoms with Crippen molar-refractivity contribution < 1.29 is 9.53 Å². The molecule has 0 saturated heterocycles. The maximum Gasteiger partial charge on any atom is 0.253 e. The summed E-state index contributed by atoms with van der Waals surface area (Å²) in [4.78, 5) is 20.4. The van der Waals surface area contributed by atoms with Gasteiger partial charge in [0.1, 0.15) is 11.6 Å². The first kappa shape index (κ1) is 18.7. The maximum atomic E-state index is 13.1. The Hall–Kier alpha value is -4.33. The van der Waals surface area contributed by atoms with Crippen molar-refractivity contribution in [3.63, 3.8) is 0 Å². The predicted molar refractivity (Wildman–Crippen MR) is 120 cm³/mol. The van der Waals surface area contributed by atoms with E-state index in [-0.39, 0.29) is 5.91 Å². The molecular formula is C23H20N6O2. The molecule has 5 aromatic rings. The summed E-state index contributed by atoms with van der Waals surface area (Å²) in [5.41, 5.74) is 10.8. The van der Waals surface area contributed by atoms with E-state index in [0.717, 1.165) is 38.7 Å². The number of aromatic nitrogens is 4. The van der Waals surface area contributed by atoms with Gasteiger partial charge in [0.25, 0.3) is 5.91 Å². The highest BCUT2D eigenvalue weighted by Gasteiger charge is 2.16. The number of carbonyl (C=O) groups excluding carboxylic acids is 1. The average molecular weight is 412 g/mol. The maximum absolute atomic E-state index is 13.1. The second kappa shape index (κ2) is 7.49. The van der Waals surface area contributed by atoms with E-state index in [1.165, 1.54) is 0 Å². The molecule has 0 unspecified atom stereocenters. The van der Waals surface area contributed by atoms with Crippen LogP contribution in [-0.4, -0.2) is 33.2 Å². The molecule has 31 heavy (non-hydrogen) atoms. The Bertz CT molecular complexity index is 1400. The van der Waals surface area contributed by atoms with Gasteiger partial charge in [-0.3, -0.25) is 9.89 Å². The van der Waals surface area contributed by atoms with Crippen LogP contribution in [0.15, 0.2) is 61.1 Å². The lowest BCUT2D eigenvalue weighted by molar-refractivity contribution is 0.0952. The van der Waals surface area contributed by atoms with Gasteiger partial charge in [0.05, 0.1) is 36.1 Å². The molecule has 3 heterocycles. The zero-order chi connectivity index (χ0) is 21.4. The third kappa shape index (κ3) is 3.44. The number of hydrogen-bond donors (Lipinski definition) is 4. The van der Waals surface area contributed by atoms with Crippen molar-refractivity contribution in [2.45, 2.75) is 6.54 Å². The van der Waals surface area contributed by atoms with Crippen molar-refractivity contribution in [1.82, 2.24) is 25.5 Å². The van der Waals surface area contributed by atoms with Crippen molar-refractivity contribution in [1.29, 1.82) is 0 Å². The van der Waals surface area contributed by atoms with E-state index in [1.807, 2.05) is 48.7 Å². The molecule has 0 bridgehead atoms. The van der Waals surface area contributed by atoms with Gasteiger partial charge in [-0.15, -0.1) is 0 Å². The molecule has 0 aliphatic rings. The minimum absolute atomic E-state index is 0.187. The number of hydrogen-bond acceptors (Lipinski definition) is 5. The molecule has 1 amide bonds. The Morgan fingerprint density at radius 1 is 1.16 bits per heavy atom. The Labute approximate surface area is 177 Å². The molecule has 8 heteroatoms. The summed E-state index contributed by atoms with van der Waals surface area (Å²) in [6, 6.07) is 13.3. The lowest BCUT2D eigenvalue weighted by atomic mass is 10.00. The van der Waals surface area contributed by atoms with Gasteiger partial charge in [0, 0.05) is 29.1 Å². The molecule has 0 aliphatic carbocycles. The van der Waals surface area contributed by atoms with Gasteiger partial charge in [-0.1, -0.05) is 12.1 Å². The fraction of sp³-hybridized carbons (Fsp3) is 0.0870. The van der Waals surface area contributed by atoms with Crippen molar-refractivity contribution >= 4 is 33.5 Å². The van der Waals surface area contributed by atoms with Crippen LogP contribution in [0, 0.1) is 0 Å². The fourth-order valence-electron chi connectivity index (χ4n) is 3.69. The van der Waals surface area contributed by atoms with E-state index < -0.39 is 0 Å². The number of anilines is 1. The minimum Gasteiger partial charge on any atom is -0.497 e. The average Bonchev–Trinajstić information content (AvgIpc) is 3.43. The van der Waals surface area contributed by atoms with Crippen molar-refractivity contribution in [3.8, 4) is 16.9 Å². The monoisotopic (exact) mass is 412 g/mol. The van der Waals surface area contributed by atoms with Crippen LogP contribution in [0.1, 0.15) is 15.9 Å². The van der Waals surface area contributed by atoms with Gasteiger partial charge in [0.2, 0.25) is 0 Å². The van der Waals surface area contributed by atoms with Crippen LogP contribution in [-0.2, 0) is 6.54 Å². The quantitative estimate of drug-likeness (QED) is 0.351. The van der Waals surface area contributed by atoms with Gasteiger partial charge < -0.3 is 20.8 Å². The molecule has 0 spiro atoms. The van der Waals surface area contributed by atoms with Crippen LogP contribution in [0.25, 0.3) is 32.9 Å². The fourth-order valence-corrected chi connectivity index (χ4v) is 3.69. The molecule has 0 aliphatic heterocycles. The Balaban J connectivity index is 1.50. The first-order valence-corrected chi connectivity index (χ1v) is 9.73. The molecule has 2 aromatic carbocycles. The lowest BCUT2D eigenvalue weighted by Gasteiger charge is -2.09. The summed E-state index contributed by atoms with van der Waals surface area (Å²) in [5, 5.41) is 11.8. The Morgan fingerprint density at radius 2 is 2.00 bits per heavy atom. The summed E-state index contributed by atoms with van der Waals surface area (Å²) in [5.74, 6) is 1.03. The summed E-state index contributed by atoms with van der Waals surface area (Å²) in [6.07, 6.45) is 5.31. The first-order chi connectivity index (χ1) is 15.1. The van der Waals surface area contributed by atoms with E-state index >= 15 is 0 Å². The molecule has 154 valence electrons. The molecule has 0 fully saturated rings. The highest BCUT2D eigenvalue weighted by Crippen LogP contribution is 2.32. The number of aromatic amines is 2. The molecule has 0 atom stereocenters. The van der Waals surface area contributed by atoms with Gasteiger partial charge in [-0.2, -0.15) is 5.10 Å². The number of benzene rings is 2. The number of H-pyrrole nitrogens is 2. The highest BCUT2D eigenvalue weighted by atomic mass is 16.5. The number of nitrogens with one attached hydrogen (secondary N) is 3. The van der Waals surface area contributed by atoms with Crippen LogP contribution in [0.3, 0.4) is 0 Å². The number of nitrogens with zero attached hydrogens (tertiary/aromatic N) is 2. The van der Waals surface area contributed by atoms with Crippen molar-refractivity contribution in [2.24, 2.45) is 0 Å². The number of carbonyl (C=O) groups is 1. The predicted octanol–water partition coefficient (Wildman–Crippen LogP) is 3.63. The van der Waals surface area contributed by atoms with Gasteiger partial charge >= 0.3 is 0 Å². The van der Waals surface area contributed by atoms with Crippen LogP contribution in [0.2, 0.25) is 0 Å².